The number of β-lactam (4-membered cyclic amide) rings is 1. The van der Waals surface area contributed by atoms with Crippen LogP contribution < -0.4 is 5.32 Å². The Morgan fingerprint density at radius 2 is 2.00 bits per heavy atom. The maximum absolute atomic E-state index is 12.4. The molecule has 4 aliphatic heterocycles. The summed E-state index contributed by atoms with van der Waals surface area (Å²) in [4.78, 5) is 42.7. The molecule has 4 rings (SSSR count). The zero-order valence-corrected chi connectivity index (χ0v) is 18.7. The lowest BCUT2D eigenvalue weighted by molar-refractivity contribution is -0.161. The number of aliphatic carboxylic acids is 1. The number of nitrogens with one attached hydrogen (secondary N) is 1. The van der Waals surface area contributed by atoms with E-state index >= 15 is 0 Å². The van der Waals surface area contributed by atoms with E-state index in [0.717, 1.165) is 39.1 Å². The van der Waals surface area contributed by atoms with Crippen LogP contribution in [-0.4, -0.2) is 106 Å². The molecule has 31 heavy (non-hydrogen) atoms. The van der Waals surface area contributed by atoms with Crippen LogP contribution in [0.1, 0.15) is 19.8 Å². The molecule has 0 bridgehead atoms. The smallest absolute Gasteiger partial charge is 0.353 e. The molecule has 3 N–H and O–H groups in total. The summed E-state index contributed by atoms with van der Waals surface area (Å²) in [7, 11) is 2.01. The Morgan fingerprint density at radius 3 is 2.65 bits per heavy atom. The third-order valence-corrected chi connectivity index (χ3v) is 7.97. The Bertz CT molecular complexity index is 823. The first kappa shape index (κ1) is 22.3. The zero-order chi connectivity index (χ0) is 22.3. The number of carbonyl (C=O) groups excluding carboxylic acids is 2. The first-order chi connectivity index (χ1) is 14.8. The molecule has 0 radical (unpaired) electrons. The van der Waals surface area contributed by atoms with Gasteiger partial charge in [0, 0.05) is 61.4 Å². The number of rotatable bonds is 6. The van der Waals surface area contributed by atoms with Crippen molar-refractivity contribution in [3.05, 3.63) is 22.8 Å². The highest BCUT2D eigenvalue weighted by Crippen LogP contribution is 2.49. The van der Waals surface area contributed by atoms with Gasteiger partial charge >= 0.3 is 5.97 Å². The number of hydrogen-bond donors (Lipinski definition) is 3. The van der Waals surface area contributed by atoms with Crippen LogP contribution in [0.15, 0.2) is 22.8 Å². The number of carbonyl (C=O) groups is 3. The minimum Gasteiger partial charge on any atom is -0.477 e. The molecule has 0 saturated carbocycles. The number of carboxylic acid groups (broad SMARTS) is 1. The Hall–Kier alpha value is -1.88. The van der Waals surface area contributed by atoms with Crippen LogP contribution in [0.3, 0.4) is 0 Å². The highest BCUT2D eigenvalue weighted by atomic mass is 32.2. The van der Waals surface area contributed by atoms with Crippen LogP contribution >= 0.6 is 11.8 Å². The van der Waals surface area contributed by atoms with Crippen molar-refractivity contribution in [1.82, 2.24) is 20.0 Å². The number of aliphatic hydroxyl groups excluding tert-OH is 1. The van der Waals surface area contributed by atoms with Gasteiger partial charge in [0.25, 0.3) is 0 Å². The maximum Gasteiger partial charge on any atom is 0.353 e. The van der Waals surface area contributed by atoms with Gasteiger partial charge in [0.2, 0.25) is 11.8 Å². The normalized spacial score (nSPS) is 32.5. The number of fused-ring (bicyclic) bond motifs is 1. The molecule has 3 saturated heterocycles. The van der Waals surface area contributed by atoms with Crippen LogP contribution in [0, 0.1) is 5.92 Å². The molecule has 10 heteroatoms. The molecule has 9 nitrogen and oxygen atoms in total. The number of aliphatic hydroxyl groups is 1. The summed E-state index contributed by atoms with van der Waals surface area (Å²) in [6, 6.07) is -0.143. The minimum atomic E-state index is -1.09. The lowest BCUT2D eigenvalue weighted by atomic mass is 9.83. The number of thioether (sulfide) groups is 1. The van der Waals surface area contributed by atoms with Gasteiger partial charge in [-0.15, -0.1) is 11.8 Å². The second kappa shape index (κ2) is 8.93. The second-order valence-electron chi connectivity index (χ2n) is 8.74. The monoisotopic (exact) mass is 450 g/mol. The van der Waals surface area contributed by atoms with Crippen LogP contribution in [-0.2, 0) is 14.4 Å². The Labute approximate surface area is 186 Å². The minimum absolute atomic E-state index is 0.0321. The van der Waals surface area contributed by atoms with E-state index in [-0.39, 0.29) is 34.8 Å². The highest BCUT2D eigenvalue weighted by molar-refractivity contribution is 8.03. The average molecular weight is 451 g/mol. The van der Waals surface area contributed by atoms with Gasteiger partial charge in [-0.2, -0.15) is 0 Å². The summed E-state index contributed by atoms with van der Waals surface area (Å²) in [6.07, 6.45) is 4.12. The Balaban J connectivity index is 1.39. The number of carboxylic acids is 1. The van der Waals surface area contributed by atoms with Crippen molar-refractivity contribution in [2.45, 2.75) is 43.2 Å². The SMILES string of the molecule is C[C@@H](O)[C@H]1C(=O)N2C(C(=O)O)=C(S[C@H]3C[C@@H](/C=C/C(=O)N4CCNCC4)N(C)C3)C[C@H]12. The number of likely N-dealkylation sites (tertiary alicyclic amines) is 1. The number of amides is 2. The van der Waals surface area contributed by atoms with E-state index < -0.39 is 18.0 Å². The first-order valence-electron chi connectivity index (χ1n) is 10.8. The van der Waals surface area contributed by atoms with E-state index in [0.29, 0.717) is 11.3 Å². The molecule has 2 amide bonds. The molecule has 0 aromatic rings. The fraction of sp³-hybridized carbons (Fsp3) is 0.667. The summed E-state index contributed by atoms with van der Waals surface area (Å²) in [6.45, 7) is 5.43. The fourth-order valence-electron chi connectivity index (χ4n) is 5.01. The Morgan fingerprint density at radius 1 is 1.29 bits per heavy atom. The predicted molar refractivity (Wildman–Crippen MR) is 116 cm³/mol. The van der Waals surface area contributed by atoms with Crippen molar-refractivity contribution in [3.63, 3.8) is 0 Å². The van der Waals surface area contributed by atoms with Crippen molar-refractivity contribution in [2.75, 3.05) is 39.8 Å². The molecule has 5 atom stereocenters. The van der Waals surface area contributed by atoms with E-state index in [2.05, 4.69) is 10.2 Å². The van der Waals surface area contributed by atoms with Crippen molar-refractivity contribution < 1.29 is 24.6 Å². The number of hydrogen-bond acceptors (Lipinski definition) is 7. The third-order valence-electron chi connectivity index (χ3n) is 6.65. The molecule has 4 heterocycles. The highest BCUT2D eigenvalue weighted by Gasteiger charge is 2.57. The summed E-state index contributed by atoms with van der Waals surface area (Å²) in [5.74, 6) is -1.88. The van der Waals surface area contributed by atoms with Gasteiger partial charge in [-0.3, -0.25) is 14.5 Å². The zero-order valence-electron chi connectivity index (χ0n) is 17.9. The first-order valence-corrected chi connectivity index (χ1v) is 11.7. The van der Waals surface area contributed by atoms with Gasteiger partial charge in [0.15, 0.2) is 0 Å². The van der Waals surface area contributed by atoms with Crippen molar-refractivity contribution >= 4 is 29.5 Å². The summed E-state index contributed by atoms with van der Waals surface area (Å²) >= 11 is 1.53. The number of piperazine rings is 1. The van der Waals surface area contributed by atoms with Crippen molar-refractivity contribution in [2.24, 2.45) is 5.92 Å². The van der Waals surface area contributed by atoms with Gasteiger partial charge in [0.05, 0.1) is 18.1 Å². The van der Waals surface area contributed by atoms with Gasteiger partial charge in [-0.05, 0) is 20.4 Å². The molecule has 170 valence electrons. The van der Waals surface area contributed by atoms with Gasteiger partial charge in [0.1, 0.15) is 5.70 Å². The summed E-state index contributed by atoms with van der Waals surface area (Å²) in [5.41, 5.74) is 0.0763. The van der Waals surface area contributed by atoms with Gasteiger partial charge in [-0.25, -0.2) is 4.79 Å². The molecular weight excluding hydrogens is 420 g/mol. The molecule has 0 aliphatic carbocycles. The topological polar surface area (TPSA) is 113 Å². The molecule has 4 aliphatic rings. The molecular formula is C21H30N4O5S. The standard InChI is InChI=1S/C21H30N4O5S/c1-12(26)18-15-10-16(19(21(29)30)25(15)20(18)28)31-14-9-13(23(2)11-14)3-4-17(27)24-7-5-22-6-8-24/h3-4,12-15,18,22,26H,5-11H2,1-2H3,(H,29,30)/b4-3+/t12-,13-,14+,15-,18-/m1/s1. The van der Waals surface area contributed by atoms with Gasteiger partial charge in [-0.1, -0.05) is 6.08 Å². The average Bonchev–Trinajstić information content (AvgIpc) is 3.24. The summed E-state index contributed by atoms with van der Waals surface area (Å²) < 4.78 is 0. The van der Waals surface area contributed by atoms with Crippen molar-refractivity contribution in [3.8, 4) is 0 Å². The lowest BCUT2D eigenvalue weighted by Crippen LogP contribution is -2.61. The van der Waals surface area contributed by atoms with E-state index in [9.17, 15) is 24.6 Å². The van der Waals surface area contributed by atoms with Crippen LogP contribution in [0.2, 0.25) is 0 Å². The van der Waals surface area contributed by atoms with E-state index in [1.54, 1.807) is 13.0 Å². The van der Waals surface area contributed by atoms with E-state index in [1.807, 2.05) is 18.0 Å². The second-order valence-corrected chi connectivity index (χ2v) is 10.1. The molecule has 0 unspecified atom stereocenters. The third kappa shape index (κ3) is 4.26. The Kier molecular flexibility index (Phi) is 6.43. The summed E-state index contributed by atoms with van der Waals surface area (Å²) in [5, 5.41) is 23.0. The largest absolute Gasteiger partial charge is 0.477 e. The number of likely N-dealkylation sites (N-methyl/N-ethyl adjacent to an activating group) is 1. The predicted octanol–water partition coefficient (Wildman–Crippen LogP) is -0.312. The maximum atomic E-state index is 12.4. The van der Waals surface area contributed by atoms with Crippen LogP contribution in [0.25, 0.3) is 0 Å². The van der Waals surface area contributed by atoms with E-state index in [4.69, 9.17) is 0 Å². The van der Waals surface area contributed by atoms with Crippen molar-refractivity contribution in [1.29, 1.82) is 0 Å². The molecule has 3 fully saturated rings. The molecule has 0 aromatic heterocycles. The molecule has 0 spiro atoms. The number of nitrogens with zero attached hydrogens (tertiary/aromatic N) is 3. The molecule has 0 aromatic carbocycles. The fourth-order valence-corrected chi connectivity index (χ4v) is 6.58. The van der Waals surface area contributed by atoms with Crippen LogP contribution in [0.4, 0.5) is 0 Å². The van der Waals surface area contributed by atoms with E-state index in [1.165, 1.54) is 16.7 Å². The lowest BCUT2D eigenvalue weighted by Gasteiger charge is -2.44. The van der Waals surface area contributed by atoms with Gasteiger partial charge < -0.3 is 25.3 Å². The quantitative estimate of drug-likeness (QED) is 0.373. The van der Waals surface area contributed by atoms with Crippen LogP contribution in [0.5, 0.6) is 0 Å².